The zero-order chi connectivity index (χ0) is 13.3. The number of nitro benzene ring substituents is 1. The second-order valence-corrected chi connectivity index (χ2v) is 6.23. The summed E-state index contributed by atoms with van der Waals surface area (Å²) in [6.07, 6.45) is 0. The summed E-state index contributed by atoms with van der Waals surface area (Å²) in [6.45, 7) is 0. The molecule has 0 radical (unpaired) electrons. The van der Waals surface area contributed by atoms with Crippen LogP contribution in [0.3, 0.4) is 0 Å². The second-order valence-electron chi connectivity index (χ2n) is 3.54. The van der Waals surface area contributed by atoms with Gasteiger partial charge in [0.15, 0.2) is 0 Å². The number of nitrogens with zero attached hydrogens (tertiary/aromatic N) is 1. The standard InChI is InChI=1S/C12H6Br3NO2/c13-7-1-3-11(15)9(5-7)10-6-8(14)2-4-12(10)16(17)18/h1-6H. The number of rotatable bonds is 2. The third-order valence-corrected chi connectivity index (χ3v) is 4.05. The van der Waals surface area contributed by atoms with E-state index in [1.807, 2.05) is 18.2 Å². The van der Waals surface area contributed by atoms with Crippen molar-refractivity contribution in [1.29, 1.82) is 0 Å². The minimum Gasteiger partial charge on any atom is -0.258 e. The lowest BCUT2D eigenvalue weighted by molar-refractivity contribution is -0.384. The normalized spacial score (nSPS) is 10.4. The molecule has 0 aromatic heterocycles. The lowest BCUT2D eigenvalue weighted by Crippen LogP contribution is -1.92. The number of halogens is 3. The average molecular weight is 436 g/mol. The van der Waals surface area contributed by atoms with Crippen molar-refractivity contribution in [1.82, 2.24) is 0 Å². The molecule has 3 nitrogen and oxygen atoms in total. The van der Waals surface area contributed by atoms with E-state index in [0.717, 1.165) is 19.0 Å². The van der Waals surface area contributed by atoms with Gasteiger partial charge in [0, 0.05) is 25.0 Å². The Labute approximate surface area is 129 Å². The first-order valence-electron chi connectivity index (χ1n) is 4.88. The van der Waals surface area contributed by atoms with Crippen LogP contribution in [-0.4, -0.2) is 4.92 Å². The van der Waals surface area contributed by atoms with Crippen LogP contribution in [0.1, 0.15) is 0 Å². The van der Waals surface area contributed by atoms with E-state index in [1.165, 1.54) is 6.07 Å². The van der Waals surface area contributed by atoms with Gasteiger partial charge >= 0.3 is 0 Å². The van der Waals surface area contributed by atoms with E-state index >= 15 is 0 Å². The van der Waals surface area contributed by atoms with Gasteiger partial charge in [-0.15, -0.1) is 0 Å². The molecular weight excluding hydrogens is 430 g/mol. The topological polar surface area (TPSA) is 43.1 Å². The summed E-state index contributed by atoms with van der Waals surface area (Å²) in [6, 6.07) is 10.5. The first-order valence-corrected chi connectivity index (χ1v) is 7.26. The summed E-state index contributed by atoms with van der Waals surface area (Å²) in [5, 5.41) is 11.1. The Bertz CT molecular complexity index is 629. The van der Waals surface area contributed by atoms with Crippen molar-refractivity contribution in [3.8, 4) is 11.1 Å². The molecule has 0 spiro atoms. The van der Waals surface area contributed by atoms with E-state index in [1.54, 1.807) is 12.1 Å². The molecule has 2 aromatic carbocycles. The van der Waals surface area contributed by atoms with Gasteiger partial charge in [-0.3, -0.25) is 10.1 Å². The van der Waals surface area contributed by atoms with Crippen LogP contribution in [-0.2, 0) is 0 Å². The monoisotopic (exact) mass is 433 g/mol. The molecule has 0 atom stereocenters. The maximum absolute atomic E-state index is 11.1. The summed E-state index contributed by atoms with van der Waals surface area (Å²) >= 11 is 10.1. The Kier molecular flexibility index (Phi) is 4.19. The SMILES string of the molecule is O=[N+]([O-])c1ccc(Br)cc1-c1cc(Br)ccc1Br. The highest BCUT2D eigenvalue weighted by Crippen LogP contribution is 2.37. The molecule has 0 saturated heterocycles. The van der Waals surface area contributed by atoms with Crippen LogP contribution in [0.5, 0.6) is 0 Å². The number of hydrogen-bond acceptors (Lipinski definition) is 2. The molecule has 18 heavy (non-hydrogen) atoms. The van der Waals surface area contributed by atoms with Gasteiger partial charge in [0.25, 0.3) is 5.69 Å². The molecular formula is C12H6Br3NO2. The minimum atomic E-state index is -0.380. The van der Waals surface area contributed by atoms with Gasteiger partial charge in [-0.05, 0) is 30.3 Å². The fourth-order valence-electron chi connectivity index (χ4n) is 1.59. The second kappa shape index (κ2) is 5.50. The molecule has 2 aromatic rings. The number of benzene rings is 2. The first-order chi connectivity index (χ1) is 8.49. The Morgan fingerprint density at radius 2 is 1.44 bits per heavy atom. The van der Waals surface area contributed by atoms with Gasteiger partial charge in [0.05, 0.1) is 10.5 Å². The molecule has 0 unspecified atom stereocenters. The molecule has 0 aliphatic rings. The predicted molar refractivity (Wildman–Crippen MR) is 81.6 cm³/mol. The maximum atomic E-state index is 11.1. The Balaban J connectivity index is 2.73. The summed E-state index contributed by atoms with van der Waals surface area (Å²) in [4.78, 5) is 10.7. The van der Waals surface area contributed by atoms with Crippen LogP contribution in [0.2, 0.25) is 0 Å². The zero-order valence-corrected chi connectivity index (χ0v) is 13.6. The lowest BCUT2D eigenvalue weighted by atomic mass is 10.0. The van der Waals surface area contributed by atoms with Crippen molar-refractivity contribution < 1.29 is 4.92 Å². The fourth-order valence-corrected chi connectivity index (χ4v) is 2.77. The van der Waals surface area contributed by atoms with Gasteiger partial charge in [-0.2, -0.15) is 0 Å². The van der Waals surface area contributed by atoms with E-state index in [9.17, 15) is 10.1 Å². The molecule has 0 aliphatic carbocycles. The Morgan fingerprint density at radius 1 is 0.889 bits per heavy atom. The van der Waals surface area contributed by atoms with Gasteiger partial charge in [-0.1, -0.05) is 47.8 Å². The van der Waals surface area contributed by atoms with E-state index in [2.05, 4.69) is 47.8 Å². The lowest BCUT2D eigenvalue weighted by Gasteiger charge is -2.07. The van der Waals surface area contributed by atoms with Crippen LogP contribution >= 0.6 is 47.8 Å². The zero-order valence-electron chi connectivity index (χ0n) is 8.86. The highest BCUT2D eigenvalue weighted by Gasteiger charge is 2.17. The summed E-state index contributed by atoms with van der Waals surface area (Å²) in [5.74, 6) is 0. The Hall–Kier alpha value is -0.720. The van der Waals surface area contributed by atoms with Crippen molar-refractivity contribution in [2.45, 2.75) is 0 Å². The van der Waals surface area contributed by atoms with E-state index in [-0.39, 0.29) is 10.6 Å². The number of hydrogen-bond donors (Lipinski definition) is 0. The molecule has 0 aliphatic heterocycles. The van der Waals surface area contributed by atoms with Crippen molar-refractivity contribution in [3.05, 3.63) is 59.9 Å². The molecule has 0 heterocycles. The quantitative estimate of drug-likeness (QED) is 0.458. The molecule has 0 saturated carbocycles. The summed E-state index contributed by atoms with van der Waals surface area (Å²) in [7, 11) is 0. The predicted octanol–water partition coefficient (Wildman–Crippen LogP) is 5.55. The maximum Gasteiger partial charge on any atom is 0.277 e. The van der Waals surface area contributed by atoms with Crippen molar-refractivity contribution in [2.75, 3.05) is 0 Å². The van der Waals surface area contributed by atoms with E-state index in [4.69, 9.17) is 0 Å². The minimum absolute atomic E-state index is 0.0806. The first kappa shape index (κ1) is 13.7. The van der Waals surface area contributed by atoms with Gasteiger partial charge < -0.3 is 0 Å². The molecule has 0 fully saturated rings. The van der Waals surface area contributed by atoms with Crippen LogP contribution in [0.4, 0.5) is 5.69 Å². The smallest absolute Gasteiger partial charge is 0.258 e. The molecule has 6 heteroatoms. The molecule has 2 rings (SSSR count). The van der Waals surface area contributed by atoms with Gasteiger partial charge in [-0.25, -0.2) is 0 Å². The van der Waals surface area contributed by atoms with Crippen molar-refractivity contribution >= 4 is 53.5 Å². The van der Waals surface area contributed by atoms with E-state index in [0.29, 0.717) is 5.56 Å². The van der Waals surface area contributed by atoms with Gasteiger partial charge in [0.2, 0.25) is 0 Å². The van der Waals surface area contributed by atoms with Crippen molar-refractivity contribution in [2.24, 2.45) is 0 Å². The summed E-state index contributed by atoms with van der Waals surface area (Å²) in [5.41, 5.74) is 1.43. The highest BCUT2D eigenvalue weighted by atomic mass is 79.9. The Morgan fingerprint density at radius 3 is 2.06 bits per heavy atom. The molecule has 0 N–H and O–H groups in total. The van der Waals surface area contributed by atoms with Gasteiger partial charge in [0.1, 0.15) is 0 Å². The van der Waals surface area contributed by atoms with Crippen LogP contribution in [0.15, 0.2) is 49.8 Å². The van der Waals surface area contributed by atoms with Crippen LogP contribution in [0.25, 0.3) is 11.1 Å². The number of nitro groups is 1. The third kappa shape index (κ3) is 2.81. The third-order valence-electron chi connectivity index (χ3n) is 2.37. The van der Waals surface area contributed by atoms with Crippen molar-refractivity contribution in [3.63, 3.8) is 0 Å². The molecule has 0 bridgehead atoms. The van der Waals surface area contributed by atoms with Crippen LogP contribution < -0.4 is 0 Å². The molecule has 92 valence electrons. The highest BCUT2D eigenvalue weighted by molar-refractivity contribution is 9.11. The van der Waals surface area contributed by atoms with E-state index < -0.39 is 0 Å². The summed E-state index contributed by atoms with van der Waals surface area (Å²) < 4.78 is 2.48. The largest absolute Gasteiger partial charge is 0.277 e. The van der Waals surface area contributed by atoms with Crippen LogP contribution in [0, 0.1) is 10.1 Å². The molecule has 0 amide bonds. The fraction of sp³-hybridized carbons (Fsp3) is 0. The average Bonchev–Trinajstić information content (AvgIpc) is 2.31.